The summed E-state index contributed by atoms with van der Waals surface area (Å²) in [5.74, 6) is -0.416. The Balaban J connectivity index is 0. The van der Waals surface area contributed by atoms with Crippen molar-refractivity contribution in [1.82, 2.24) is 10.6 Å². The lowest BCUT2D eigenvalue weighted by molar-refractivity contribution is -0.150. The van der Waals surface area contributed by atoms with Gasteiger partial charge in [0.05, 0.1) is 6.10 Å². The molecule has 1 amide bonds. The molecule has 0 fully saturated rings. The van der Waals surface area contributed by atoms with Gasteiger partial charge in [0.1, 0.15) is 11.6 Å². The van der Waals surface area contributed by atoms with E-state index < -0.39 is 23.7 Å². The summed E-state index contributed by atoms with van der Waals surface area (Å²) in [7, 11) is 1.88. The molecule has 0 saturated carbocycles. The number of alkyl carbamates (subject to hydrolysis) is 1. The number of ether oxygens (including phenoxy) is 2. The van der Waals surface area contributed by atoms with Crippen LogP contribution in [0.1, 0.15) is 67.7 Å². The number of carbonyl (C=O) groups excluding carboxylic acids is 2. The maximum absolute atomic E-state index is 12.0. The van der Waals surface area contributed by atoms with Crippen LogP contribution in [0, 0.1) is 0 Å². The summed E-state index contributed by atoms with van der Waals surface area (Å²) in [5, 5.41) is 5.65. The van der Waals surface area contributed by atoms with Gasteiger partial charge in [-0.3, -0.25) is 0 Å². The number of esters is 1. The molecule has 0 rings (SSSR count). The number of unbranched alkanes of at least 4 members (excludes halogenated alkanes) is 1. The molecule has 0 aliphatic rings. The summed E-state index contributed by atoms with van der Waals surface area (Å²) in [5.41, 5.74) is -0.595. The van der Waals surface area contributed by atoms with E-state index in [2.05, 4.69) is 10.6 Å². The molecule has 0 aliphatic carbocycles. The van der Waals surface area contributed by atoms with E-state index in [4.69, 9.17) is 9.47 Å². The third-order valence-electron chi connectivity index (χ3n) is 2.50. The monoisotopic (exact) mass is 332 g/mol. The van der Waals surface area contributed by atoms with Crippen molar-refractivity contribution in [3.8, 4) is 0 Å². The van der Waals surface area contributed by atoms with Crippen molar-refractivity contribution < 1.29 is 19.1 Å². The van der Waals surface area contributed by atoms with Crippen LogP contribution in [0.3, 0.4) is 0 Å². The Morgan fingerprint density at radius 1 is 1.09 bits per heavy atom. The van der Waals surface area contributed by atoms with Crippen LogP contribution >= 0.6 is 0 Å². The molecule has 0 heterocycles. The second-order valence-electron chi connectivity index (χ2n) is 6.28. The molecule has 0 saturated heterocycles. The first kappa shape index (κ1) is 24.0. The molecule has 0 radical (unpaired) electrons. The lowest BCUT2D eigenvalue weighted by atomic mass is 10.1. The summed E-state index contributed by atoms with van der Waals surface area (Å²) in [6.07, 6.45) is 1.47. The average Bonchev–Trinajstić information content (AvgIpc) is 2.41. The fourth-order valence-corrected chi connectivity index (χ4v) is 1.66. The van der Waals surface area contributed by atoms with Crippen molar-refractivity contribution in [3.05, 3.63) is 0 Å². The minimum atomic E-state index is -0.667. The SMILES string of the molecule is CC.CNCCCCC(NC(=O)OC(C)(C)C)C(=O)OC(C)C. The Hall–Kier alpha value is -1.30. The normalized spacial score (nSPS) is 12.0. The lowest BCUT2D eigenvalue weighted by Crippen LogP contribution is -2.44. The minimum absolute atomic E-state index is 0.210. The van der Waals surface area contributed by atoms with E-state index in [0.29, 0.717) is 6.42 Å². The predicted octanol–water partition coefficient (Wildman–Crippen LogP) is 3.25. The molecule has 23 heavy (non-hydrogen) atoms. The van der Waals surface area contributed by atoms with Crippen LogP contribution in [0.5, 0.6) is 0 Å². The molecule has 138 valence electrons. The summed E-state index contributed by atoms with van der Waals surface area (Å²) in [6.45, 7) is 13.8. The van der Waals surface area contributed by atoms with E-state index in [-0.39, 0.29) is 6.10 Å². The lowest BCUT2D eigenvalue weighted by Gasteiger charge is -2.23. The molecule has 0 aliphatic heterocycles. The number of carbonyl (C=O) groups is 2. The summed E-state index contributed by atoms with van der Waals surface area (Å²) in [6, 6.07) is -0.667. The van der Waals surface area contributed by atoms with Crippen molar-refractivity contribution in [1.29, 1.82) is 0 Å². The van der Waals surface area contributed by atoms with Gasteiger partial charge in [-0.1, -0.05) is 13.8 Å². The quantitative estimate of drug-likeness (QED) is 0.527. The van der Waals surface area contributed by atoms with Gasteiger partial charge >= 0.3 is 12.1 Å². The first-order valence-corrected chi connectivity index (χ1v) is 8.50. The van der Waals surface area contributed by atoms with Gasteiger partial charge in [-0.2, -0.15) is 0 Å². The maximum Gasteiger partial charge on any atom is 0.408 e. The van der Waals surface area contributed by atoms with Gasteiger partial charge in [-0.25, -0.2) is 9.59 Å². The van der Waals surface area contributed by atoms with Gasteiger partial charge in [0, 0.05) is 0 Å². The van der Waals surface area contributed by atoms with Crippen LogP contribution in [0.25, 0.3) is 0 Å². The summed E-state index contributed by atoms with van der Waals surface area (Å²) < 4.78 is 10.4. The van der Waals surface area contributed by atoms with Crippen molar-refractivity contribution in [2.45, 2.75) is 85.5 Å². The van der Waals surface area contributed by atoms with Gasteiger partial charge in [-0.05, 0) is 67.5 Å². The molecule has 1 atom stereocenters. The number of rotatable bonds is 8. The maximum atomic E-state index is 12.0. The standard InChI is InChI=1S/C15H30N2O4.C2H6/c1-11(2)20-13(18)12(9-7-8-10-16-6)17-14(19)21-15(3,4)5;1-2/h11-12,16H,7-10H2,1-6H3,(H,17,19);1-2H3. The Labute approximate surface area is 141 Å². The van der Waals surface area contributed by atoms with E-state index in [0.717, 1.165) is 19.4 Å². The predicted molar refractivity (Wildman–Crippen MR) is 93.5 cm³/mol. The van der Waals surface area contributed by atoms with E-state index in [1.807, 2.05) is 20.9 Å². The van der Waals surface area contributed by atoms with Crippen LogP contribution < -0.4 is 10.6 Å². The van der Waals surface area contributed by atoms with Crippen LogP contribution in [-0.2, 0) is 14.3 Å². The van der Waals surface area contributed by atoms with Crippen molar-refractivity contribution in [3.63, 3.8) is 0 Å². The molecule has 6 heteroatoms. The van der Waals surface area contributed by atoms with Crippen molar-refractivity contribution >= 4 is 12.1 Å². The smallest absolute Gasteiger partial charge is 0.408 e. The van der Waals surface area contributed by atoms with Crippen LogP contribution in [0.4, 0.5) is 4.79 Å². The molecule has 6 nitrogen and oxygen atoms in total. The second-order valence-corrected chi connectivity index (χ2v) is 6.28. The van der Waals surface area contributed by atoms with Crippen molar-refractivity contribution in [2.75, 3.05) is 13.6 Å². The number of hydrogen-bond acceptors (Lipinski definition) is 5. The minimum Gasteiger partial charge on any atom is -0.461 e. The van der Waals surface area contributed by atoms with Crippen LogP contribution in [0.2, 0.25) is 0 Å². The van der Waals surface area contributed by atoms with Crippen LogP contribution in [-0.4, -0.2) is 43.4 Å². The third-order valence-corrected chi connectivity index (χ3v) is 2.50. The Kier molecular flexibility index (Phi) is 13.7. The molecule has 0 aromatic carbocycles. The first-order valence-electron chi connectivity index (χ1n) is 8.50. The number of hydrogen-bond donors (Lipinski definition) is 2. The molecule has 0 spiro atoms. The Morgan fingerprint density at radius 3 is 2.09 bits per heavy atom. The molecule has 1 unspecified atom stereocenters. The third kappa shape index (κ3) is 15.4. The van der Waals surface area contributed by atoms with Crippen LogP contribution in [0.15, 0.2) is 0 Å². The fraction of sp³-hybridized carbons (Fsp3) is 0.882. The highest BCUT2D eigenvalue weighted by atomic mass is 16.6. The van der Waals surface area contributed by atoms with E-state index >= 15 is 0 Å². The van der Waals surface area contributed by atoms with Gasteiger partial charge in [0.15, 0.2) is 0 Å². The highest BCUT2D eigenvalue weighted by Gasteiger charge is 2.25. The molecule has 2 N–H and O–H groups in total. The first-order chi connectivity index (χ1) is 10.7. The average molecular weight is 332 g/mol. The molecular weight excluding hydrogens is 296 g/mol. The van der Waals surface area contributed by atoms with E-state index in [9.17, 15) is 9.59 Å². The zero-order valence-corrected chi connectivity index (χ0v) is 16.1. The van der Waals surface area contributed by atoms with E-state index in [1.165, 1.54) is 0 Å². The summed E-state index contributed by atoms with van der Waals surface area (Å²) >= 11 is 0. The van der Waals surface area contributed by atoms with E-state index in [1.54, 1.807) is 34.6 Å². The fourth-order valence-electron chi connectivity index (χ4n) is 1.66. The van der Waals surface area contributed by atoms with Gasteiger partial charge in [0.25, 0.3) is 0 Å². The summed E-state index contributed by atoms with van der Waals surface area (Å²) in [4.78, 5) is 23.8. The largest absolute Gasteiger partial charge is 0.461 e. The molecule has 0 aromatic heterocycles. The van der Waals surface area contributed by atoms with Gasteiger partial charge in [0.2, 0.25) is 0 Å². The Bertz CT molecular complexity index is 325. The topological polar surface area (TPSA) is 76.7 Å². The molecule has 0 bridgehead atoms. The van der Waals surface area contributed by atoms with Gasteiger partial charge in [-0.15, -0.1) is 0 Å². The number of amides is 1. The highest BCUT2D eigenvalue weighted by molar-refractivity contribution is 5.81. The van der Waals surface area contributed by atoms with Crippen molar-refractivity contribution in [2.24, 2.45) is 0 Å². The molecular formula is C17H36N2O4. The zero-order chi connectivity index (χ0) is 18.5. The second kappa shape index (κ2) is 13.2. The highest BCUT2D eigenvalue weighted by Crippen LogP contribution is 2.09. The Morgan fingerprint density at radius 2 is 1.65 bits per heavy atom. The van der Waals surface area contributed by atoms with Gasteiger partial charge < -0.3 is 20.1 Å². The molecule has 0 aromatic rings. The number of nitrogens with one attached hydrogen (secondary N) is 2. The zero-order valence-electron chi connectivity index (χ0n) is 16.1.